The second kappa shape index (κ2) is 4.09. The van der Waals surface area contributed by atoms with E-state index in [1.54, 1.807) is 13.0 Å². The van der Waals surface area contributed by atoms with E-state index in [9.17, 15) is 4.79 Å². The van der Waals surface area contributed by atoms with Gasteiger partial charge in [0.15, 0.2) is 5.78 Å². The lowest BCUT2D eigenvalue weighted by Gasteiger charge is -1.98. The van der Waals surface area contributed by atoms with Crippen LogP contribution in [-0.4, -0.2) is 5.78 Å². The smallest absolute Gasteiger partial charge is 0.152 e. The predicted molar refractivity (Wildman–Crippen MR) is 63.7 cm³/mol. The minimum atomic E-state index is 0.0724. The van der Waals surface area contributed by atoms with Crippen molar-refractivity contribution in [1.29, 1.82) is 0 Å². The molecule has 15 heavy (non-hydrogen) atoms. The van der Waals surface area contributed by atoms with E-state index in [-0.39, 0.29) is 5.78 Å². The summed E-state index contributed by atoms with van der Waals surface area (Å²) in [6, 6.07) is 14.3. The van der Waals surface area contributed by atoms with Crippen LogP contribution in [0.3, 0.4) is 0 Å². The van der Waals surface area contributed by atoms with Crippen molar-refractivity contribution < 1.29 is 4.79 Å². The van der Waals surface area contributed by atoms with Gasteiger partial charge in [0, 0.05) is 0 Å². The first kappa shape index (κ1) is 9.66. The number of hydrogen-bond acceptors (Lipinski definition) is 1. The molecule has 0 radical (unpaired) electrons. The molecule has 0 saturated heterocycles. The van der Waals surface area contributed by atoms with E-state index in [0.29, 0.717) is 0 Å². The van der Waals surface area contributed by atoms with Crippen LogP contribution in [0.2, 0.25) is 0 Å². The van der Waals surface area contributed by atoms with Gasteiger partial charge in [-0.25, -0.2) is 0 Å². The van der Waals surface area contributed by atoms with Crippen LogP contribution in [0.1, 0.15) is 12.5 Å². The Morgan fingerprint density at radius 1 is 1.07 bits per heavy atom. The van der Waals surface area contributed by atoms with Crippen LogP contribution in [0.5, 0.6) is 0 Å². The molecule has 0 heterocycles. The van der Waals surface area contributed by atoms with E-state index in [0.717, 1.165) is 5.56 Å². The third-order valence-corrected chi connectivity index (χ3v) is 2.28. The molecular formula is C14H12O. The number of carbonyl (C=O) groups excluding carboxylic acids is 1. The predicted octanol–water partition coefficient (Wildman–Crippen LogP) is 3.44. The van der Waals surface area contributed by atoms with E-state index in [4.69, 9.17) is 0 Å². The number of hydrogen-bond donors (Lipinski definition) is 0. The topological polar surface area (TPSA) is 17.1 Å². The highest BCUT2D eigenvalue weighted by Crippen LogP contribution is 2.16. The molecule has 2 rings (SSSR count). The molecule has 0 aliphatic rings. The molecule has 0 amide bonds. The fourth-order valence-corrected chi connectivity index (χ4v) is 1.53. The van der Waals surface area contributed by atoms with Crippen LogP contribution >= 0.6 is 0 Å². The zero-order valence-corrected chi connectivity index (χ0v) is 8.60. The number of fused-ring (bicyclic) bond motifs is 1. The molecular weight excluding hydrogens is 184 g/mol. The molecule has 74 valence electrons. The average Bonchev–Trinajstić information content (AvgIpc) is 2.26. The molecule has 0 fully saturated rings. The van der Waals surface area contributed by atoms with Crippen LogP contribution in [-0.2, 0) is 4.79 Å². The second-order valence-corrected chi connectivity index (χ2v) is 3.55. The molecule has 0 aromatic heterocycles. The SMILES string of the molecule is CC(=O)/C=C/c1ccc2ccccc2c1. The van der Waals surface area contributed by atoms with Gasteiger partial charge in [-0.15, -0.1) is 0 Å². The molecule has 0 unspecified atom stereocenters. The molecule has 0 N–H and O–H groups in total. The van der Waals surface area contributed by atoms with Gasteiger partial charge in [-0.2, -0.15) is 0 Å². The van der Waals surface area contributed by atoms with Crippen LogP contribution < -0.4 is 0 Å². The summed E-state index contributed by atoms with van der Waals surface area (Å²) in [6.07, 6.45) is 3.43. The van der Waals surface area contributed by atoms with Crippen molar-refractivity contribution in [3.8, 4) is 0 Å². The first-order valence-corrected chi connectivity index (χ1v) is 4.93. The molecule has 2 aromatic carbocycles. The number of ketones is 1. The monoisotopic (exact) mass is 196 g/mol. The lowest BCUT2D eigenvalue weighted by atomic mass is 10.1. The van der Waals surface area contributed by atoms with E-state index in [2.05, 4.69) is 24.3 Å². The van der Waals surface area contributed by atoms with Crippen LogP contribution in [0.15, 0.2) is 48.5 Å². The Kier molecular flexibility index (Phi) is 2.64. The van der Waals surface area contributed by atoms with Crippen molar-refractivity contribution in [2.45, 2.75) is 6.92 Å². The average molecular weight is 196 g/mol. The van der Waals surface area contributed by atoms with E-state index in [1.165, 1.54) is 10.8 Å². The van der Waals surface area contributed by atoms with Crippen LogP contribution in [0.25, 0.3) is 16.8 Å². The summed E-state index contributed by atoms with van der Waals surface area (Å²) in [5.74, 6) is 0.0724. The maximum atomic E-state index is 10.8. The molecule has 0 saturated carbocycles. The van der Waals surface area contributed by atoms with Gasteiger partial charge in [-0.3, -0.25) is 4.79 Å². The van der Waals surface area contributed by atoms with Gasteiger partial charge >= 0.3 is 0 Å². The molecule has 0 spiro atoms. The summed E-state index contributed by atoms with van der Waals surface area (Å²) in [5, 5.41) is 2.42. The highest BCUT2D eigenvalue weighted by atomic mass is 16.1. The van der Waals surface area contributed by atoms with Crippen LogP contribution in [0.4, 0.5) is 0 Å². The highest BCUT2D eigenvalue weighted by Gasteiger charge is 1.92. The van der Waals surface area contributed by atoms with Gasteiger partial charge in [0.1, 0.15) is 0 Å². The number of carbonyl (C=O) groups is 1. The Balaban J connectivity index is 2.43. The lowest BCUT2D eigenvalue weighted by Crippen LogP contribution is -1.80. The van der Waals surface area contributed by atoms with Gasteiger partial charge in [0.2, 0.25) is 0 Å². The van der Waals surface area contributed by atoms with Crippen molar-refractivity contribution in [2.75, 3.05) is 0 Å². The molecule has 0 aliphatic carbocycles. The van der Waals surface area contributed by atoms with Crippen molar-refractivity contribution >= 4 is 22.6 Å². The number of rotatable bonds is 2. The minimum absolute atomic E-state index is 0.0724. The molecule has 0 atom stereocenters. The molecule has 2 aromatic rings. The largest absolute Gasteiger partial charge is 0.295 e. The standard InChI is InChI=1S/C14H12O/c1-11(15)6-7-12-8-9-13-4-2-3-5-14(13)10-12/h2-10H,1H3/b7-6+. The third kappa shape index (κ3) is 2.32. The van der Waals surface area contributed by atoms with Crippen LogP contribution in [0, 0.1) is 0 Å². The quantitative estimate of drug-likeness (QED) is 0.672. The maximum absolute atomic E-state index is 10.8. The van der Waals surface area contributed by atoms with Gasteiger partial charge in [-0.05, 0) is 35.4 Å². The van der Waals surface area contributed by atoms with E-state index in [1.807, 2.05) is 24.3 Å². The second-order valence-electron chi connectivity index (χ2n) is 3.55. The fraction of sp³-hybridized carbons (Fsp3) is 0.0714. The Morgan fingerprint density at radius 3 is 2.53 bits per heavy atom. The Bertz CT molecular complexity index is 524. The third-order valence-electron chi connectivity index (χ3n) is 2.28. The van der Waals surface area contributed by atoms with Gasteiger partial charge < -0.3 is 0 Å². The summed E-state index contributed by atoms with van der Waals surface area (Å²) in [4.78, 5) is 10.8. The normalized spacial score (nSPS) is 11.0. The van der Waals surface area contributed by atoms with Gasteiger partial charge in [-0.1, -0.05) is 42.5 Å². The summed E-state index contributed by atoms with van der Waals surface area (Å²) < 4.78 is 0. The highest BCUT2D eigenvalue weighted by molar-refractivity contribution is 5.92. The van der Waals surface area contributed by atoms with Crippen molar-refractivity contribution in [1.82, 2.24) is 0 Å². The van der Waals surface area contributed by atoms with E-state index >= 15 is 0 Å². The molecule has 0 aliphatic heterocycles. The lowest BCUT2D eigenvalue weighted by molar-refractivity contribution is -0.112. The first-order chi connectivity index (χ1) is 7.25. The Hall–Kier alpha value is -1.89. The van der Waals surface area contributed by atoms with Crippen molar-refractivity contribution in [3.63, 3.8) is 0 Å². The summed E-state index contributed by atoms with van der Waals surface area (Å²) in [6.45, 7) is 1.55. The molecule has 0 bridgehead atoms. The summed E-state index contributed by atoms with van der Waals surface area (Å²) >= 11 is 0. The Labute approximate surface area is 89.0 Å². The fourth-order valence-electron chi connectivity index (χ4n) is 1.53. The zero-order chi connectivity index (χ0) is 10.7. The van der Waals surface area contributed by atoms with Gasteiger partial charge in [0.05, 0.1) is 0 Å². The summed E-state index contributed by atoms with van der Waals surface area (Å²) in [5.41, 5.74) is 1.06. The van der Waals surface area contributed by atoms with E-state index < -0.39 is 0 Å². The summed E-state index contributed by atoms with van der Waals surface area (Å²) in [7, 11) is 0. The van der Waals surface area contributed by atoms with Crippen molar-refractivity contribution in [2.24, 2.45) is 0 Å². The number of allylic oxidation sites excluding steroid dienone is 1. The van der Waals surface area contributed by atoms with Gasteiger partial charge in [0.25, 0.3) is 0 Å². The molecule has 1 heteroatoms. The first-order valence-electron chi connectivity index (χ1n) is 4.93. The van der Waals surface area contributed by atoms with Crippen molar-refractivity contribution in [3.05, 3.63) is 54.1 Å². The minimum Gasteiger partial charge on any atom is -0.295 e. The zero-order valence-electron chi connectivity index (χ0n) is 8.60. The maximum Gasteiger partial charge on any atom is 0.152 e. The molecule has 1 nitrogen and oxygen atoms in total. The number of benzene rings is 2. The Morgan fingerprint density at radius 2 is 1.80 bits per heavy atom.